The molecular weight excluding hydrogens is 380 g/mol. The van der Waals surface area contributed by atoms with Gasteiger partial charge in [-0.1, -0.05) is 19.3 Å². The first-order chi connectivity index (χ1) is 14.5. The van der Waals surface area contributed by atoms with Crippen LogP contribution in [0.25, 0.3) is 0 Å². The molecule has 1 aromatic rings. The molecule has 4 atom stereocenters. The Kier molecular flexibility index (Phi) is 6.87. The maximum absolute atomic E-state index is 6.21. The maximum Gasteiger partial charge on any atom is 0.232 e. The molecule has 2 aliphatic heterocycles. The fourth-order valence-corrected chi connectivity index (χ4v) is 5.03. The number of piperidine rings is 2. The summed E-state index contributed by atoms with van der Waals surface area (Å²) in [5.41, 5.74) is 24.8. The number of rotatable bonds is 5. The molecule has 168 valence electrons. The molecule has 3 heterocycles. The molecule has 1 saturated carbocycles. The quantitative estimate of drug-likeness (QED) is 0.425. The molecule has 0 bridgehead atoms. The van der Waals surface area contributed by atoms with Crippen molar-refractivity contribution in [2.45, 2.75) is 69.1 Å². The standard InChI is InChI=1S/C20H38N10/c21-14-6-15(22)10-29(9-14)19-26-18(25-8-13-4-2-1-3-5-13)27-20(28-19)30-11-16(23)7-17(24)12-30/h13-17H,1-12,21-24H2,(H,25,26,27,28). The van der Waals surface area contributed by atoms with Gasteiger partial charge in [0.25, 0.3) is 0 Å². The summed E-state index contributed by atoms with van der Waals surface area (Å²) in [6.07, 6.45) is 8.14. The molecule has 1 aromatic heterocycles. The van der Waals surface area contributed by atoms with Crippen molar-refractivity contribution in [2.75, 3.05) is 47.8 Å². The molecule has 4 rings (SSSR count). The fourth-order valence-electron chi connectivity index (χ4n) is 5.03. The van der Waals surface area contributed by atoms with Crippen molar-refractivity contribution in [1.29, 1.82) is 0 Å². The fraction of sp³-hybridized carbons (Fsp3) is 0.850. The number of aromatic nitrogens is 3. The lowest BCUT2D eigenvalue weighted by Gasteiger charge is -2.37. The Bertz CT molecular complexity index is 630. The van der Waals surface area contributed by atoms with Gasteiger partial charge in [-0.15, -0.1) is 0 Å². The van der Waals surface area contributed by atoms with Crippen LogP contribution in [-0.2, 0) is 0 Å². The summed E-state index contributed by atoms with van der Waals surface area (Å²) < 4.78 is 0. The van der Waals surface area contributed by atoms with Crippen molar-refractivity contribution >= 4 is 17.8 Å². The minimum Gasteiger partial charge on any atom is -0.354 e. The summed E-state index contributed by atoms with van der Waals surface area (Å²) >= 11 is 0. The van der Waals surface area contributed by atoms with Gasteiger partial charge in [0, 0.05) is 56.9 Å². The summed E-state index contributed by atoms with van der Waals surface area (Å²) in [5, 5.41) is 3.48. The largest absolute Gasteiger partial charge is 0.354 e. The zero-order valence-corrected chi connectivity index (χ0v) is 17.9. The van der Waals surface area contributed by atoms with E-state index < -0.39 is 0 Å². The predicted octanol–water partition coefficient (Wildman–Crippen LogP) is -0.407. The molecule has 3 aliphatic rings. The predicted molar refractivity (Wildman–Crippen MR) is 120 cm³/mol. The molecule has 2 saturated heterocycles. The van der Waals surface area contributed by atoms with Crippen LogP contribution in [0.4, 0.5) is 17.8 Å². The summed E-state index contributed by atoms with van der Waals surface area (Å²) in [7, 11) is 0. The second-order valence-electron chi connectivity index (χ2n) is 9.47. The van der Waals surface area contributed by atoms with E-state index in [-0.39, 0.29) is 24.2 Å². The highest BCUT2D eigenvalue weighted by Gasteiger charge is 2.28. The van der Waals surface area contributed by atoms with Crippen LogP contribution in [0.5, 0.6) is 0 Å². The van der Waals surface area contributed by atoms with Crippen LogP contribution in [0.1, 0.15) is 44.9 Å². The van der Waals surface area contributed by atoms with E-state index in [1.54, 1.807) is 0 Å². The van der Waals surface area contributed by atoms with Crippen LogP contribution in [0.15, 0.2) is 0 Å². The molecule has 10 nitrogen and oxygen atoms in total. The highest BCUT2D eigenvalue weighted by Crippen LogP contribution is 2.25. The van der Waals surface area contributed by atoms with E-state index >= 15 is 0 Å². The zero-order chi connectivity index (χ0) is 21.1. The molecule has 3 fully saturated rings. The highest BCUT2D eigenvalue weighted by molar-refractivity contribution is 5.46. The molecular formula is C20H38N10. The first-order valence-electron chi connectivity index (χ1n) is 11.5. The number of nitrogens with one attached hydrogen (secondary N) is 1. The molecule has 1 aliphatic carbocycles. The van der Waals surface area contributed by atoms with Gasteiger partial charge in [0.2, 0.25) is 17.8 Å². The van der Waals surface area contributed by atoms with E-state index in [0.29, 0.717) is 49.9 Å². The van der Waals surface area contributed by atoms with Crippen molar-refractivity contribution in [3.8, 4) is 0 Å². The third-order valence-electron chi connectivity index (χ3n) is 6.48. The molecule has 0 aromatic carbocycles. The number of hydrogen-bond acceptors (Lipinski definition) is 10. The van der Waals surface area contributed by atoms with E-state index in [1.807, 2.05) is 0 Å². The lowest BCUT2D eigenvalue weighted by molar-refractivity contribution is 0.373. The van der Waals surface area contributed by atoms with E-state index in [4.69, 9.17) is 37.9 Å². The first-order valence-corrected chi connectivity index (χ1v) is 11.5. The highest BCUT2D eigenvalue weighted by atomic mass is 15.4. The van der Waals surface area contributed by atoms with Crippen LogP contribution >= 0.6 is 0 Å². The van der Waals surface area contributed by atoms with Crippen LogP contribution in [0.3, 0.4) is 0 Å². The number of anilines is 3. The van der Waals surface area contributed by atoms with Gasteiger partial charge in [0.1, 0.15) is 0 Å². The summed E-state index contributed by atoms with van der Waals surface area (Å²) in [4.78, 5) is 18.4. The van der Waals surface area contributed by atoms with Crippen molar-refractivity contribution in [3.63, 3.8) is 0 Å². The van der Waals surface area contributed by atoms with Crippen molar-refractivity contribution in [3.05, 3.63) is 0 Å². The van der Waals surface area contributed by atoms with Crippen LogP contribution in [0.2, 0.25) is 0 Å². The zero-order valence-electron chi connectivity index (χ0n) is 17.9. The smallest absolute Gasteiger partial charge is 0.232 e. The van der Waals surface area contributed by atoms with E-state index in [0.717, 1.165) is 19.4 Å². The topological polar surface area (TPSA) is 161 Å². The van der Waals surface area contributed by atoms with Gasteiger partial charge in [-0.3, -0.25) is 0 Å². The van der Waals surface area contributed by atoms with Gasteiger partial charge in [-0.05, 0) is 31.6 Å². The first kappa shape index (κ1) is 21.5. The molecule has 30 heavy (non-hydrogen) atoms. The van der Waals surface area contributed by atoms with Gasteiger partial charge in [0.05, 0.1) is 0 Å². The van der Waals surface area contributed by atoms with Crippen molar-refractivity contribution < 1.29 is 0 Å². The monoisotopic (exact) mass is 418 g/mol. The second kappa shape index (κ2) is 9.59. The third kappa shape index (κ3) is 5.48. The lowest BCUT2D eigenvalue weighted by atomic mass is 9.89. The van der Waals surface area contributed by atoms with Crippen LogP contribution < -0.4 is 38.1 Å². The van der Waals surface area contributed by atoms with Gasteiger partial charge in [0.15, 0.2) is 0 Å². The normalized spacial score (nSPS) is 31.1. The van der Waals surface area contributed by atoms with E-state index in [2.05, 4.69) is 15.1 Å². The van der Waals surface area contributed by atoms with E-state index in [9.17, 15) is 0 Å². The molecule has 0 amide bonds. The van der Waals surface area contributed by atoms with Gasteiger partial charge in [-0.2, -0.15) is 15.0 Å². The summed E-state index contributed by atoms with van der Waals surface area (Å²) in [6.45, 7) is 3.66. The summed E-state index contributed by atoms with van der Waals surface area (Å²) in [6, 6.07) is 0.0720. The Morgan fingerprint density at radius 2 is 1.17 bits per heavy atom. The van der Waals surface area contributed by atoms with E-state index in [1.165, 1.54) is 32.1 Å². The average molecular weight is 419 g/mol. The Hall–Kier alpha value is -1.75. The molecule has 0 spiro atoms. The minimum absolute atomic E-state index is 0.0180. The van der Waals surface area contributed by atoms with Crippen LogP contribution in [-0.4, -0.2) is 71.8 Å². The van der Waals surface area contributed by atoms with Gasteiger partial charge < -0.3 is 38.1 Å². The van der Waals surface area contributed by atoms with Crippen LogP contribution in [0, 0.1) is 5.92 Å². The Labute approximate surface area is 179 Å². The third-order valence-corrected chi connectivity index (χ3v) is 6.48. The minimum atomic E-state index is 0.0180. The summed E-state index contributed by atoms with van der Waals surface area (Å²) in [5.74, 6) is 2.55. The van der Waals surface area contributed by atoms with Gasteiger partial charge >= 0.3 is 0 Å². The molecule has 4 unspecified atom stereocenters. The Morgan fingerprint density at radius 3 is 1.63 bits per heavy atom. The Morgan fingerprint density at radius 1 is 0.700 bits per heavy atom. The number of nitrogens with two attached hydrogens (primary N) is 4. The molecule has 9 N–H and O–H groups in total. The average Bonchev–Trinajstić information content (AvgIpc) is 2.71. The number of hydrogen-bond donors (Lipinski definition) is 5. The SMILES string of the molecule is NC1CC(N)CN(c2nc(NCC3CCCCC3)nc(N3CC(N)CC(N)C3)n2)C1. The van der Waals surface area contributed by atoms with Crippen molar-refractivity contribution in [1.82, 2.24) is 15.0 Å². The van der Waals surface area contributed by atoms with Crippen molar-refractivity contribution in [2.24, 2.45) is 28.9 Å². The van der Waals surface area contributed by atoms with Gasteiger partial charge in [-0.25, -0.2) is 0 Å². The lowest BCUT2D eigenvalue weighted by Crippen LogP contribution is -2.54. The number of nitrogens with zero attached hydrogens (tertiary/aromatic N) is 5. The molecule has 10 heteroatoms. The molecule has 0 radical (unpaired) electrons. The second-order valence-corrected chi connectivity index (χ2v) is 9.47. The maximum atomic E-state index is 6.21. The Balaban J connectivity index is 1.56.